The molecule has 2 N–H and O–H groups in total. The summed E-state index contributed by atoms with van der Waals surface area (Å²) in [5.41, 5.74) is 9.91. The number of benzene rings is 2. The maximum absolute atomic E-state index is 11.3. The van der Waals surface area contributed by atoms with Gasteiger partial charge in [0.15, 0.2) is 0 Å². The average Bonchev–Trinajstić information content (AvgIpc) is 2.99. The molecule has 0 aliphatic rings. The molecule has 8 heteroatoms. The third-order valence-corrected chi connectivity index (χ3v) is 6.96. The third-order valence-electron chi connectivity index (χ3n) is 6.96. The highest BCUT2D eigenvalue weighted by Crippen LogP contribution is 2.40. The van der Waals surface area contributed by atoms with Gasteiger partial charge in [-0.2, -0.15) is 20.4 Å². The molecule has 4 aromatic heterocycles. The Balaban J connectivity index is 1.48. The van der Waals surface area contributed by atoms with E-state index in [1.807, 2.05) is 88.4 Å². The smallest absolute Gasteiger partial charge is 0.134 e. The van der Waals surface area contributed by atoms with Crippen molar-refractivity contribution in [3.8, 4) is 67.9 Å². The molecule has 0 bridgehead atoms. The molecule has 6 rings (SSSR count). The number of phenolic OH excluding ortho intramolecular Hbond substituents is 2. The number of nitrogens with zero attached hydrogens (tertiary/aromatic N) is 6. The molecule has 2 aromatic carbocycles. The number of rotatable bonds is 5. The van der Waals surface area contributed by atoms with Crippen molar-refractivity contribution in [1.29, 1.82) is 0 Å². The van der Waals surface area contributed by atoms with E-state index < -0.39 is 0 Å². The first-order valence-electron chi connectivity index (χ1n) is 13.5. The van der Waals surface area contributed by atoms with Gasteiger partial charge < -0.3 is 10.2 Å². The minimum absolute atomic E-state index is 0.0873. The van der Waals surface area contributed by atoms with E-state index >= 15 is 0 Å². The van der Waals surface area contributed by atoms with E-state index in [9.17, 15) is 10.2 Å². The van der Waals surface area contributed by atoms with Crippen molar-refractivity contribution in [2.75, 3.05) is 0 Å². The standard InChI is InChI=1S/C34H28N6O2/c1-19-11-23(27-7-5-9-35-39-27)33(41)25(13-19)29-15-21(3)17-31(37-29)32-18-22(4)16-30(38-32)26-14-20(2)12-24(34(26)42)28-8-6-10-36-40-28/h5-18,41-42H,1-4H3. The molecule has 0 radical (unpaired) electrons. The van der Waals surface area contributed by atoms with Gasteiger partial charge in [0.1, 0.15) is 11.5 Å². The highest BCUT2D eigenvalue weighted by Gasteiger charge is 2.18. The van der Waals surface area contributed by atoms with Crippen LogP contribution in [0.3, 0.4) is 0 Å². The van der Waals surface area contributed by atoms with Crippen molar-refractivity contribution in [2.45, 2.75) is 27.7 Å². The van der Waals surface area contributed by atoms with Gasteiger partial charge >= 0.3 is 0 Å². The monoisotopic (exact) mass is 552 g/mol. The molecule has 4 heterocycles. The minimum atomic E-state index is 0.0873. The van der Waals surface area contributed by atoms with Crippen LogP contribution in [0.2, 0.25) is 0 Å². The van der Waals surface area contributed by atoms with E-state index in [4.69, 9.17) is 9.97 Å². The number of pyridine rings is 2. The average molecular weight is 553 g/mol. The van der Waals surface area contributed by atoms with Crippen molar-refractivity contribution in [2.24, 2.45) is 0 Å². The second-order valence-electron chi connectivity index (χ2n) is 10.5. The van der Waals surface area contributed by atoms with E-state index in [1.54, 1.807) is 24.5 Å². The molecule has 0 spiro atoms. The van der Waals surface area contributed by atoms with Crippen LogP contribution < -0.4 is 0 Å². The van der Waals surface area contributed by atoms with Crippen LogP contribution in [0.25, 0.3) is 56.4 Å². The molecule has 0 saturated carbocycles. The predicted molar refractivity (Wildman–Crippen MR) is 163 cm³/mol. The van der Waals surface area contributed by atoms with Gasteiger partial charge in [-0.25, -0.2) is 9.97 Å². The number of phenols is 2. The molecule has 0 saturated heterocycles. The molecular weight excluding hydrogens is 524 g/mol. The second kappa shape index (κ2) is 10.8. The number of aromatic nitrogens is 6. The minimum Gasteiger partial charge on any atom is -0.507 e. The Morgan fingerprint density at radius 3 is 1.12 bits per heavy atom. The van der Waals surface area contributed by atoms with Gasteiger partial charge in [0.2, 0.25) is 0 Å². The molecule has 0 unspecified atom stereocenters. The Bertz CT molecular complexity index is 1800. The molecule has 206 valence electrons. The van der Waals surface area contributed by atoms with Crippen LogP contribution in [0.15, 0.2) is 85.2 Å². The molecule has 0 atom stereocenters. The van der Waals surface area contributed by atoms with Crippen LogP contribution in [0, 0.1) is 27.7 Å². The van der Waals surface area contributed by atoms with Crippen molar-refractivity contribution < 1.29 is 10.2 Å². The Hall–Kier alpha value is -5.50. The zero-order chi connectivity index (χ0) is 29.4. The zero-order valence-electron chi connectivity index (χ0n) is 23.7. The van der Waals surface area contributed by atoms with Crippen molar-refractivity contribution in [3.63, 3.8) is 0 Å². The summed E-state index contributed by atoms with van der Waals surface area (Å²) in [4.78, 5) is 9.91. The maximum atomic E-state index is 11.3. The predicted octanol–water partition coefficient (Wildman–Crippen LogP) is 7.04. The summed E-state index contributed by atoms with van der Waals surface area (Å²) in [5.74, 6) is 0.175. The lowest BCUT2D eigenvalue weighted by Crippen LogP contribution is -1.97. The largest absolute Gasteiger partial charge is 0.507 e. The van der Waals surface area contributed by atoms with E-state index in [0.717, 1.165) is 22.3 Å². The first kappa shape index (κ1) is 26.7. The normalized spacial score (nSPS) is 11.0. The van der Waals surface area contributed by atoms with Crippen molar-refractivity contribution in [3.05, 3.63) is 107 Å². The fourth-order valence-electron chi connectivity index (χ4n) is 5.10. The molecule has 8 nitrogen and oxygen atoms in total. The fourth-order valence-corrected chi connectivity index (χ4v) is 5.10. The van der Waals surface area contributed by atoms with Gasteiger partial charge in [-0.1, -0.05) is 0 Å². The Kier molecular flexibility index (Phi) is 6.88. The third kappa shape index (κ3) is 5.17. The molecule has 42 heavy (non-hydrogen) atoms. The van der Waals surface area contributed by atoms with Gasteiger partial charge in [-0.05, 0) is 123 Å². The Morgan fingerprint density at radius 1 is 0.429 bits per heavy atom. The lowest BCUT2D eigenvalue weighted by Gasteiger charge is -2.14. The van der Waals surface area contributed by atoms with Crippen LogP contribution in [0.5, 0.6) is 11.5 Å². The molecule has 6 aromatic rings. The number of hydrogen-bond acceptors (Lipinski definition) is 8. The summed E-state index contributed by atoms with van der Waals surface area (Å²) in [6.45, 7) is 7.91. The van der Waals surface area contributed by atoms with Crippen LogP contribution in [0.4, 0.5) is 0 Å². The second-order valence-corrected chi connectivity index (χ2v) is 10.5. The van der Waals surface area contributed by atoms with Gasteiger partial charge in [0.25, 0.3) is 0 Å². The van der Waals surface area contributed by atoms with Gasteiger partial charge in [0, 0.05) is 34.6 Å². The topological polar surface area (TPSA) is 118 Å². The van der Waals surface area contributed by atoms with E-state index in [2.05, 4.69) is 20.4 Å². The van der Waals surface area contributed by atoms with E-state index in [-0.39, 0.29) is 11.5 Å². The summed E-state index contributed by atoms with van der Waals surface area (Å²) in [7, 11) is 0. The molecular formula is C34H28N6O2. The maximum Gasteiger partial charge on any atom is 0.134 e. The fraction of sp³-hybridized carbons (Fsp3) is 0.118. The lowest BCUT2D eigenvalue weighted by atomic mass is 9.98. The first-order valence-corrected chi connectivity index (χ1v) is 13.5. The van der Waals surface area contributed by atoms with Crippen molar-refractivity contribution in [1.82, 2.24) is 30.4 Å². The highest BCUT2D eigenvalue weighted by atomic mass is 16.3. The highest BCUT2D eigenvalue weighted by molar-refractivity contribution is 5.83. The summed E-state index contributed by atoms with van der Waals surface area (Å²) in [6, 6.07) is 22.6. The van der Waals surface area contributed by atoms with Gasteiger partial charge in [-0.15, -0.1) is 0 Å². The zero-order valence-corrected chi connectivity index (χ0v) is 23.7. The van der Waals surface area contributed by atoms with Crippen LogP contribution >= 0.6 is 0 Å². The summed E-state index contributed by atoms with van der Waals surface area (Å²) >= 11 is 0. The van der Waals surface area contributed by atoms with Crippen LogP contribution in [-0.2, 0) is 0 Å². The van der Waals surface area contributed by atoms with Gasteiger partial charge in [-0.3, -0.25) is 0 Å². The first-order chi connectivity index (χ1) is 20.3. The Labute approximate surface area is 243 Å². The van der Waals surface area contributed by atoms with E-state index in [0.29, 0.717) is 56.4 Å². The molecule has 0 fully saturated rings. The summed E-state index contributed by atoms with van der Waals surface area (Å²) in [6.07, 6.45) is 3.20. The van der Waals surface area contributed by atoms with Crippen LogP contribution in [-0.4, -0.2) is 40.6 Å². The number of aromatic hydroxyl groups is 2. The molecule has 0 amide bonds. The SMILES string of the molecule is Cc1cc(-c2cc(C)cc(-c3cc(C)cc(-c4cccnn4)c3O)n2)nc(-c2cc(C)cc(-c3cccnn3)c2O)c1. The van der Waals surface area contributed by atoms with Crippen LogP contribution in [0.1, 0.15) is 22.3 Å². The number of hydrogen-bond donors (Lipinski definition) is 2. The lowest BCUT2D eigenvalue weighted by molar-refractivity contribution is 0.478. The quantitative estimate of drug-likeness (QED) is 0.234. The summed E-state index contributed by atoms with van der Waals surface area (Å²) < 4.78 is 0. The Morgan fingerprint density at radius 2 is 0.762 bits per heavy atom. The summed E-state index contributed by atoms with van der Waals surface area (Å²) in [5, 5.41) is 39.0. The van der Waals surface area contributed by atoms with E-state index in [1.165, 1.54) is 0 Å². The van der Waals surface area contributed by atoms with Gasteiger partial charge in [0.05, 0.1) is 34.2 Å². The molecule has 0 aliphatic carbocycles. The number of aryl methyl sites for hydroxylation is 4. The van der Waals surface area contributed by atoms with Crippen molar-refractivity contribution >= 4 is 0 Å². The molecule has 0 aliphatic heterocycles.